The van der Waals surface area contributed by atoms with Gasteiger partial charge in [-0.3, -0.25) is 14.5 Å². The highest BCUT2D eigenvalue weighted by Gasteiger charge is 2.32. The van der Waals surface area contributed by atoms with Gasteiger partial charge in [-0.2, -0.15) is 0 Å². The number of carbonyl (C=O) groups is 2. The zero-order valence-electron chi connectivity index (χ0n) is 19.0. The van der Waals surface area contributed by atoms with Crippen LogP contribution in [0.5, 0.6) is 0 Å². The van der Waals surface area contributed by atoms with Crippen LogP contribution < -0.4 is 5.32 Å². The van der Waals surface area contributed by atoms with Gasteiger partial charge in [0, 0.05) is 26.1 Å². The summed E-state index contributed by atoms with van der Waals surface area (Å²) in [6.07, 6.45) is 7.62. The monoisotopic (exact) mass is 433 g/mol. The summed E-state index contributed by atoms with van der Waals surface area (Å²) in [6, 6.07) is 17.6. The first-order chi connectivity index (χ1) is 15.7. The zero-order chi connectivity index (χ0) is 22.2. The predicted octanol–water partition coefficient (Wildman–Crippen LogP) is 4.43. The number of hydrogen-bond donors (Lipinski definition) is 1. The molecule has 5 nitrogen and oxygen atoms in total. The Hall–Kier alpha value is -2.66. The summed E-state index contributed by atoms with van der Waals surface area (Å²) in [5.74, 6) is -0.0379. The summed E-state index contributed by atoms with van der Waals surface area (Å²) in [4.78, 5) is 30.2. The summed E-state index contributed by atoms with van der Waals surface area (Å²) >= 11 is 0. The number of nitrogens with one attached hydrogen (secondary N) is 1. The second-order valence-corrected chi connectivity index (χ2v) is 9.09. The average Bonchev–Trinajstić information content (AvgIpc) is 3.09. The highest BCUT2D eigenvalue weighted by atomic mass is 16.2. The van der Waals surface area contributed by atoms with Crippen molar-refractivity contribution >= 4 is 11.8 Å². The second-order valence-electron chi connectivity index (χ2n) is 9.09. The number of rotatable bonds is 7. The van der Waals surface area contributed by atoms with Crippen molar-refractivity contribution in [3.63, 3.8) is 0 Å². The Morgan fingerprint density at radius 1 is 0.844 bits per heavy atom. The van der Waals surface area contributed by atoms with E-state index >= 15 is 0 Å². The van der Waals surface area contributed by atoms with E-state index in [9.17, 15) is 9.59 Å². The van der Waals surface area contributed by atoms with Gasteiger partial charge in [0.15, 0.2) is 0 Å². The van der Waals surface area contributed by atoms with Gasteiger partial charge < -0.3 is 10.2 Å². The zero-order valence-corrected chi connectivity index (χ0v) is 19.0. The first-order valence-electron chi connectivity index (χ1n) is 12.1. The van der Waals surface area contributed by atoms with Crippen molar-refractivity contribution in [3.8, 4) is 0 Å². The maximum absolute atomic E-state index is 13.3. The molecule has 5 heteroatoms. The summed E-state index contributed by atoms with van der Waals surface area (Å²) in [5.41, 5.74) is 3.27. The Morgan fingerprint density at radius 3 is 2.31 bits per heavy atom. The SMILES string of the molecule is O=C(NCc1cccc(CN2CCCCCC2)c1)C(c1ccccc1)N1CCCCC1=O. The Kier molecular flexibility index (Phi) is 7.94. The lowest BCUT2D eigenvalue weighted by Gasteiger charge is -2.34. The van der Waals surface area contributed by atoms with Crippen LogP contribution in [0.2, 0.25) is 0 Å². The second kappa shape index (κ2) is 11.3. The third-order valence-corrected chi connectivity index (χ3v) is 6.60. The molecular formula is C27H35N3O2. The van der Waals surface area contributed by atoms with Crippen molar-refractivity contribution in [2.24, 2.45) is 0 Å². The predicted molar refractivity (Wildman–Crippen MR) is 127 cm³/mol. The van der Waals surface area contributed by atoms with Gasteiger partial charge in [-0.1, -0.05) is 67.4 Å². The van der Waals surface area contributed by atoms with Crippen molar-refractivity contribution in [1.29, 1.82) is 0 Å². The fourth-order valence-electron chi connectivity index (χ4n) is 4.88. The maximum atomic E-state index is 13.3. The van der Waals surface area contributed by atoms with Crippen LogP contribution in [0.3, 0.4) is 0 Å². The van der Waals surface area contributed by atoms with Gasteiger partial charge in [0.25, 0.3) is 0 Å². The van der Waals surface area contributed by atoms with E-state index in [0.29, 0.717) is 19.5 Å². The molecule has 0 bridgehead atoms. The van der Waals surface area contributed by atoms with E-state index in [1.54, 1.807) is 4.90 Å². The molecule has 2 saturated heterocycles. The summed E-state index contributed by atoms with van der Waals surface area (Å²) in [6.45, 7) is 4.42. The van der Waals surface area contributed by atoms with Gasteiger partial charge >= 0.3 is 0 Å². The summed E-state index contributed by atoms with van der Waals surface area (Å²) < 4.78 is 0. The minimum Gasteiger partial charge on any atom is -0.350 e. The Balaban J connectivity index is 1.42. The van der Waals surface area contributed by atoms with Crippen LogP contribution in [-0.4, -0.2) is 41.2 Å². The molecule has 0 spiro atoms. The molecule has 170 valence electrons. The van der Waals surface area contributed by atoms with Crippen LogP contribution in [-0.2, 0) is 22.7 Å². The number of nitrogens with zero attached hydrogens (tertiary/aromatic N) is 2. The van der Waals surface area contributed by atoms with Gasteiger partial charge in [0.1, 0.15) is 6.04 Å². The molecule has 2 aliphatic rings. The molecule has 1 atom stereocenters. The molecule has 32 heavy (non-hydrogen) atoms. The third-order valence-electron chi connectivity index (χ3n) is 6.60. The minimum atomic E-state index is -0.565. The van der Waals surface area contributed by atoms with Crippen molar-refractivity contribution in [3.05, 3.63) is 71.3 Å². The van der Waals surface area contributed by atoms with E-state index in [2.05, 4.69) is 34.5 Å². The molecule has 2 fully saturated rings. The van der Waals surface area contributed by atoms with Gasteiger partial charge in [-0.05, 0) is 55.5 Å². The molecule has 0 saturated carbocycles. The largest absolute Gasteiger partial charge is 0.350 e. The topological polar surface area (TPSA) is 52.7 Å². The number of likely N-dealkylation sites (tertiary alicyclic amines) is 2. The minimum absolute atomic E-state index is 0.0692. The maximum Gasteiger partial charge on any atom is 0.247 e. The van der Waals surface area contributed by atoms with Crippen LogP contribution >= 0.6 is 0 Å². The lowest BCUT2D eigenvalue weighted by molar-refractivity contribution is -0.142. The molecule has 0 radical (unpaired) electrons. The van der Waals surface area contributed by atoms with E-state index in [1.807, 2.05) is 30.3 Å². The van der Waals surface area contributed by atoms with Gasteiger partial charge in [-0.15, -0.1) is 0 Å². The van der Waals surface area contributed by atoms with E-state index in [-0.39, 0.29) is 11.8 Å². The first kappa shape index (κ1) is 22.5. The lowest BCUT2D eigenvalue weighted by atomic mass is 10.0. The van der Waals surface area contributed by atoms with Crippen molar-refractivity contribution < 1.29 is 9.59 Å². The summed E-state index contributed by atoms with van der Waals surface area (Å²) in [5, 5.41) is 3.11. The van der Waals surface area contributed by atoms with Crippen molar-refractivity contribution in [2.45, 2.75) is 64.1 Å². The smallest absolute Gasteiger partial charge is 0.247 e. The van der Waals surface area contributed by atoms with Gasteiger partial charge in [-0.25, -0.2) is 0 Å². The molecule has 0 aromatic heterocycles. The molecular weight excluding hydrogens is 398 g/mol. The fraction of sp³-hybridized carbons (Fsp3) is 0.481. The number of carbonyl (C=O) groups excluding carboxylic acids is 2. The molecule has 0 aliphatic carbocycles. The number of piperidine rings is 1. The van der Waals surface area contributed by atoms with Crippen LogP contribution in [0.4, 0.5) is 0 Å². The molecule has 2 aromatic carbocycles. The Morgan fingerprint density at radius 2 is 1.56 bits per heavy atom. The molecule has 1 unspecified atom stereocenters. The van der Waals surface area contributed by atoms with Gasteiger partial charge in [0.05, 0.1) is 0 Å². The lowest BCUT2D eigenvalue weighted by Crippen LogP contribution is -2.45. The highest BCUT2D eigenvalue weighted by Crippen LogP contribution is 2.26. The quantitative estimate of drug-likeness (QED) is 0.703. The number of amides is 2. The first-order valence-corrected chi connectivity index (χ1v) is 12.1. The van der Waals surface area contributed by atoms with Crippen LogP contribution in [0.1, 0.15) is 67.7 Å². The third kappa shape index (κ3) is 5.98. The fourth-order valence-corrected chi connectivity index (χ4v) is 4.88. The normalized spacial score (nSPS) is 18.8. The number of benzene rings is 2. The van der Waals surface area contributed by atoms with Crippen molar-refractivity contribution in [2.75, 3.05) is 19.6 Å². The highest BCUT2D eigenvalue weighted by molar-refractivity contribution is 5.89. The molecule has 1 N–H and O–H groups in total. The van der Waals surface area contributed by atoms with Crippen LogP contribution in [0, 0.1) is 0 Å². The molecule has 2 aromatic rings. The average molecular weight is 434 g/mol. The molecule has 2 amide bonds. The molecule has 4 rings (SSSR count). The van der Waals surface area contributed by atoms with Crippen molar-refractivity contribution in [1.82, 2.24) is 15.1 Å². The van der Waals surface area contributed by atoms with E-state index in [4.69, 9.17) is 0 Å². The van der Waals surface area contributed by atoms with E-state index in [0.717, 1.165) is 30.5 Å². The van der Waals surface area contributed by atoms with Crippen LogP contribution in [0.15, 0.2) is 54.6 Å². The Bertz CT molecular complexity index is 891. The number of hydrogen-bond acceptors (Lipinski definition) is 3. The van der Waals surface area contributed by atoms with E-state index in [1.165, 1.54) is 44.3 Å². The standard InChI is InChI=1S/C27H35N3O2/c31-25-15-6-9-18-30(25)26(24-13-4-3-5-14-24)27(32)28-20-22-11-10-12-23(19-22)21-29-16-7-1-2-8-17-29/h3-5,10-14,19,26H,1-2,6-9,15-18,20-21H2,(H,28,32). The van der Waals surface area contributed by atoms with Gasteiger partial charge in [0.2, 0.25) is 11.8 Å². The Labute approximate surface area is 191 Å². The van der Waals surface area contributed by atoms with E-state index < -0.39 is 6.04 Å². The summed E-state index contributed by atoms with van der Waals surface area (Å²) in [7, 11) is 0. The molecule has 2 heterocycles. The molecule has 2 aliphatic heterocycles. The van der Waals surface area contributed by atoms with Crippen LogP contribution in [0.25, 0.3) is 0 Å².